The Balaban J connectivity index is 2.12. The lowest BCUT2D eigenvalue weighted by Crippen LogP contribution is -2.27. The number of rotatable bonds is 7. The fourth-order valence-electron chi connectivity index (χ4n) is 2.91. The normalized spacial score (nSPS) is 11.2. The molecule has 6 heteroatoms. The molecule has 0 atom stereocenters. The Morgan fingerprint density at radius 2 is 1.81 bits per heavy atom. The number of carbonyl (C=O) groups is 3. The second-order valence-electron chi connectivity index (χ2n) is 6.18. The van der Waals surface area contributed by atoms with E-state index in [4.69, 9.17) is 4.74 Å². The van der Waals surface area contributed by atoms with Crippen molar-refractivity contribution < 1.29 is 19.1 Å². The number of amides is 1. The van der Waals surface area contributed by atoms with E-state index in [0.29, 0.717) is 5.56 Å². The maximum absolute atomic E-state index is 12.5. The number of nitrogens with zero attached hydrogens (tertiary/aromatic N) is 1. The van der Waals surface area contributed by atoms with Gasteiger partial charge in [0.15, 0.2) is 6.61 Å². The molecule has 0 unspecified atom stereocenters. The maximum Gasteiger partial charge on any atom is 0.355 e. The third kappa shape index (κ3) is 5.17. The zero-order valence-corrected chi connectivity index (χ0v) is 16.0. The van der Waals surface area contributed by atoms with Crippen LogP contribution >= 0.6 is 0 Å². The molecule has 1 heterocycles. The predicted octanol–water partition coefficient (Wildman–Crippen LogP) is 3.03. The molecule has 0 aliphatic heterocycles. The monoisotopic (exact) mass is 368 g/mol. The number of ketones is 1. The van der Waals surface area contributed by atoms with Gasteiger partial charge in [-0.05, 0) is 38.5 Å². The molecule has 0 spiro atoms. The standard InChI is InChI=1S/C21H24N2O4/c1-5-23-14(2)11-18(15(23)3)20(25)13-27-21(26)19(22-16(4)24)12-17-9-7-6-8-10-17/h6-12H,5,13H2,1-4H3,(H,22,24)/b19-12-. The Kier molecular flexibility index (Phi) is 6.71. The number of hydrogen-bond donors (Lipinski definition) is 1. The summed E-state index contributed by atoms with van der Waals surface area (Å²) < 4.78 is 7.17. The van der Waals surface area contributed by atoms with Gasteiger partial charge in [0.05, 0.1) is 0 Å². The van der Waals surface area contributed by atoms with Gasteiger partial charge < -0.3 is 14.6 Å². The van der Waals surface area contributed by atoms with E-state index in [0.717, 1.165) is 23.5 Å². The van der Waals surface area contributed by atoms with Crippen LogP contribution in [-0.2, 0) is 20.9 Å². The minimum atomic E-state index is -0.758. The van der Waals surface area contributed by atoms with Crippen molar-refractivity contribution in [3.63, 3.8) is 0 Å². The van der Waals surface area contributed by atoms with Crippen molar-refractivity contribution >= 4 is 23.7 Å². The van der Waals surface area contributed by atoms with E-state index in [1.807, 2.05) is 43.5 Å². The number of ether oxygens (including phenoxy) is 1. The molecule has 0 radical (unpaired) electrons. The molecule has 0 aliphatic rings. The van der Waals surface area contributed by atoms with Crippen LogP contribution in [0.4, 0.5) is 0 Å². The van der Waals surface area contributed by atoms with Gasteiger partial charge >= 0.3 is 5.97 Å². The maximum atomic E-state index is 12.5. The van der Waals surface area contributed by atoms with Crippen molar-refractivity contribution in [1.82, 2.24) is 9.88 Å². The van der Waals surface area contributed by atoms with E-state index in [2.05, 4.69) is 5.32 Å². The van der Waals surface area contributed by atoms with Gasteiger partial charge in [-0.1, -0.05) is 30.3 Å². The number of esters is 1. The zero-order valence-electron chi connectivity index (χ0n) is 16.0. The van der Waals surface area contributed by atoms with Crippen LogP contribution in [0.15, 0.2) is 42.1 Å². The Labute approximate surface area is 158 Å². The summed E-state index contributed by atoms with van der Waals surface area (Å²) in [4.78, 5) is 36.2. The van der Waals surface area contributed by atoms with Crippen molar-refractivity contribution in [3.8, 4) is 0 Å². The van der Waals surface area contributed by atoms with E-state index in [1.165, 1.54) is 13.0 Å². The highest BCUT2D eigenvalue weighted by Crippen LogP contribution is 2.16. The number of carbonyl (C=O) groups excluding carboxylic acids is 3. The van der Waals surface area contributed by atoms with Crippen molar-refractivity contribution in [2.45, 2.75) is 34.2 Å². The van der Waals surface area contributed by atoms with Crippen molar-refractivity contribution in [1.29, 1.82) is 0 Å². The Morgan fingerprint density at radius 3 is 2.37 bits per heavy atom. The lowest BCUT2D eigenvalue weighted by molar-refractivity contribution is -0.139. The topological polar surface area (TPSA) is 77.4 Å². The first-order chi connectivity index (χ1) is 12.8. The van der Waals surface area contributed by atoms with Crippen LogP contribution < -0.4 is 5.32 Å². The quantitative estimate of drug-likeness (QED) is 0.463. The summed E-state index contributed by atoms with van der Waals surface area (Å²) >= 11 is 0. The number of aromatic nitrogens is 1. The van der Waals surface area contributed by atoms with E-state index >= 15 is 0 Å². The summed E-state index contributed by atoms with van der Waals surface area (Å²) in [5, 5.41) is 2.46. The van der Waals surface area contributed by atoms with Crippen LogP contribution in [0, 0.1) is 13.8 Å². The molecule has 27 heavy (non-hydrogen) atoms. The smallest absolute Gasteiger partial charge is 0.355 e. The van der Waals surface area contributed by atoms with Crippen molar-refractivity contribution in [2.75, 3.05) is 6.61 Å². The lowest BCUT2D eigenvalue weighted by Gasteiger charge is -2.09. The first-order valence-electron chi connectivity index (χ1n) is 8.74. The number of benzene rings is 1. The molecule has 0 fully saturated rings. The summed E-state index contributed by atoms with van der Waals surface area (Å²) in [6.45, 7) is 7.47. The van der Waals surface area contributed by atoms with Gasteiger partial charge in [-0.25, -0.2) is 4.79 Å². The van der Waals surface area contributed by atoms with E-state index < -0.39 is 18.5 Å². The minimum absolute atomic E-state index is 0.0134. The van der Waals surface area contributed by atoms with E-state index in [-0.39, 0.29) is 11.5 Å². The molecule has 0 bridgehead atoms. The highest BCUT2D eigenvalue weighted by atomic mass is 16.5. The lowest BCUT2D eigenvalue weighted by atomic mass is 10.1. The van der Waals surface area contributed by atoms with Crippen molar-refractivity contribution in [2.24, 2.45) is 0 Å². The SMILES string of the molecule is CCn1c(C)cc(C(=O)COC(=O)/C(=C/c2ccccc2)NC(C)=O)c1C. The second-order valence-corrected chi connectivity index (χ2v) is 6.18. The highest BCUT2D eigenvalue weighted by Gasteiger charge is 2.19. The van der Waals surface area contributed by atoms with Gasteiger partial charge in [0.2, 0.25) is 11.7 Å². The second kappa shape index (κ2) is 8.98. The zero-order chi connectivity index (χ0) is 20.0. The van der Waals surface area contributed by atoms with Gasteiger partial charge in [0, 0.05) is 30.4 Å². The number of hydrogen-bond acceptors (Lipinski definition) is 4. The van der Waals surface area contributed by atoms with Gasteiger partial charge in [0.25, 0.3) is 0 Å². The average molecular weight is 368 g/mol. The van der Waals surface area contributed by atoms with Crippen LogP contribution in [-0.4, -0.2) is 28.8 Å². The molecule has 1 N–H and O–H groups in total. The van der Waals surface area contributed by atoms with Crippen LogP contribution in [0.3, 0.4) is 0 Å². The molecule has 1 amide bonds. The van der Waals surface area contributed by atoms with Crippen molar-refractivity contribution in [3.05, 3.63) is 64.6 Å². The Morgan fingerprint density at radius 1 is 1.15 bits per heavy atom. The Bertz CT molecular complexity index is 879. The van der Waals surface area contributed by atoms with Gasteiger partial charge in [0.1, 0.15) is 5.70 Å². The summed E-state index contributed by atoms with van der Waals surface area (Å²) in [6.07, 6.45) is 1.51. The molecule has 0 aliphatic carbocycles. The number of Topliss-reactive ketones (excluding diaryl/α,β-unsaturated/α-hetero) is 1. The number of aryl methyl sites for hydroxylation is 1. The average Bonchev–Trinajstić information content (AvgIpc) is 2.93. The fourth-order valence-corrected chi connectivity index (χ4v) is 2.91. The van der Waals surface area contributed by atoms with Crippen LogP contribution in [0.1, 0.15) is 41.2 Å². The molecule has 0 saturated carbocycles. The highest BCUT2D eigenvalue weighted by molar-refractivity contribution is 6.02. The van der Waals surface area contributed by atoms with Gasteiger partial charge in [-0.2, -0.15) is 0 Å². The first kappa shape index (κ1) is 20.2. The van der Waals surface area contributed by atoms with Gasteiger partial charge in [-0.3, -0.25) is 9.59 Å². The molecule has 142 valence electrons. The predicted molar refractivity (Wildman–Crippen MR) is 103 cm³/mol. The largest absolute Gasteiger partial charge is 0.453 e. The summed E-state index contributed by atoms with van der Waals surface area (Å²) in [5.41, 5.74) is 3.08. The van der Waals surface area contributed by atoms with Crippen LogP contribution in [0.5, 0.6) is 0 Å². The Hall–Kier alpha value is -3.15. The van der Waals surface area contributed by atoms with E-state index in [9.17, 15) is 14.4 Å². The molecule has 0 saturated heterocycles. The summed E-state index contributed by atoms with van der Waals surface area (Å²) in [6, 6.07) is 10.9. The molecule has 2 aromatic rings. The molecule has 1 aromatic carbocycles. The fraction of sp³-hybridized carbons (Fsp3) is 0.286. The molecular formula is C21H24N2O4. The van der Waals surface area contributed by atoms with Gasteiger partial charge in [-0.15, -0.1) is 0 Å². The third-order valence-corrected chi connectivity index (χ3v) is 4.17. The number of nitrogens with one attached hydrogen (secondary N) is 1. The van der Waals surface area contributed by atoms with Crippen LogP contribution in [0.2, 0.25) is 0 Å². The summed E-state index contributed by atoms with van der Waals surface area (Å²) in [5.74, 6) is -1.43. The van der Waals surface area contributed by atoms with E-state index in [1.54, 1.807) is 18.2 Å². The first-order valence-corrected chi connectivity index (χ1v) is 8.74. The molecule has 2 rings (SSSR count). The molecule has 1 aromatic heterocycles. The minimum Gasteiger partial charge on any atom is -0.453 e. The summed E-state index contributed by atoms with van der Waals surface area (Å²) in [7, 11) is 0. The molecule has 6 nitrogen and oxygen atoms in total. The molecular weight excluding hydrogens is 344 g/mol. The third-order valence-electron chi connectivity index (χ3n) is 4.17. The van der Waals surface area contributed by atoms with Crippen LogP contribution in [0.25, 0.3) is 6.08 Å².